The minimum Gasteiger partial charge on any atom is -0.456 e. The molecular formula is C22H26N2O4. The molecule has 0 aromatic heterocycles. The Morgan fingerprint density at radius 2 is 1.71 bits per heavy atom. The van der Waals surface area contributed by atoms with Crippen molar-refractivity contribution in [1.82, 2.24) is 0 Å². The van der Waals surface area contributed by atoms with Crippen molar-refractivity contribution in [2.45, 2.75) is 39.5 Å². The summed E-state index contributed by atoms with van der Waals surface area (Å²) in [5.74, 6) is -1.04. The zero-order chi connectivity index (χ0) is 20.4. The van der Waals surface area contributed by atoms with Crippen molar-refractivity contribution in [2.24, 2.45) is 0 Å². The molecule has 0 heterocycles. The van der Waals surface area contributed by atoms with Crippen molar-refractivity contribution in [3.8, 4) is 0 Å². The predicted octanol–water partition coefficient (Wildman–Crippen LogP) is 3.85. The minimum atomic E-state index is -0.499. The van der Waals surface area contributed by atoms with Gasteiger partial charge in [0.1, 0.15) is 0 Å². The van der Waals surface area contributed by atoms with Gasteiger partial charge in [-0.15, -0.1) is 0 Å². The number of carbonyl (C=O) groups excluding carboxylic acids is 3. The molecule has 0 bridgehead atoms. The van der Waals surface area contributed by atoms with Crippen LogP contribution in [0.3, 0.4) is 0 Å². The Balaban J connectivity index is 1.65. The van der Waals surface area contributed by atoms with E-state index in [0.29, 0.717) is 12.1 Å². The molecule has 0 fully saturated rings. The number of nitrogens with one attached hydrogen (secondary N) is 2. The maximum atomic E-state index is 12.0. The molecule has 0 radical (unpaired) electrons. The Hall–Kier alpha value is -3.15. The Bertz CT molecular complexity index is 833. The highest BCUT2D eigenvalue weighted by atomic mass is 16.5. The van der Waals surface area contributed by atoms with Gasteiger partial charge in [-0.05, 0) is 49.1 Å². The molecular weight excluding hydrogens is 356 g/mol. The van der Waals surface area contributed by atoms with Gasteiger partial charge < -0.3 is 15.4 Å². The van der Waals surface area contributed by atoms with Crippen LogP contribution in [-0.2, 0) is 25.5 Å². The smallest absolute Gasteiger partial charge is 0.306 e. The highest BCUT2D eigenvalue weighted by molar-refractivity contribution is 5.93. The van der Waals surface area contributed by atoms with Crippen LogP contribution in [0.5, 0.6) is 0 Å². The van der Waals surface area contributed by atoms with E-state index in [0.717, 1.165) is 23.2 Å². The van der Waals surface area contributed by atoms with Gasteiger partial charge in [0.15, 0.2) is 6.61 Å². The van der Waals surface area contributed by atoms with E-state index in [-0.39, 0.29) is 25.4 Å². The zero-order valence-corrected chi connectivity index (χ0v) is 16.3. The molecule has 148 valence electrons. The molecule has 2 aromatic carbocycles. The van der Waals surface area contributed by atoms with Crippen LogP contribution in [0.1, 0.15) is 37.3 Å². The third-order valence-electron chi connectivity index (χ3n) is 4.12. The summed E-state index contributed by atoms with van der Waals surface area (Å²) < 4.78 is 4.96. The molecule has 2 amide bonds. The molecule has 6 nitrogen and oxygen atoms in total. The standard InChI is InChI=1S/C22H26N2O4/c1-3-17-9-4-5-11-19(17)24-20(25)12-7-13-22(27)28-15-21(26)23-18-10-6-8-16(2)14-18/h4-6,8-11,14H,3,7,12-13,15H2,1-2H3,(H,23,26)(H,24,25). The van der Waals surface area contributed by atoms with Gasteiger partial charge in [0, 0.05) is 24.2 Å². The highest BCUT2D eigenvalue weighted by Gasteiger charge is 2.10. The van der Waals surface area contributed by atoms with Crippen LogP contribution in [0.25, 0.3) is 0 Å². The molecule has 0 aliphatic rings. The molecule has 2 aromatic rings. The van der Waals surface area contributed by atoms with Crippen molar-refractivity contribution in [3.05, 3.63) is 59.7 Å². The summed E-state index contributed by atoms with van der Waals surface area (Å²) in [6.45, 7) is 3.60. The number of esters is 1. The number of hydrogen-bond donors (Lipinski definition) is 2. The van der Waals surface area contributed by atoms with Gasteiger partial charge in [-0.3, -0.25) is 14.4 Å². The summed E-state index contributed by atoms with van der Waals surface area (Å²) >= 11 is 0. The molecule has 0 saturated carbocycles. The molecule has 2 N–H and O–H groups in total. The first kappa shape index (κ1) is 21.2. The average molecular weight is 382 g/mol. The van der Waals surface area contributed by atoms with Gasteiger partial charge in [-0.25, -0.2) is 0 Å². The van der Waals surface area contributed by atoms with Crippen LogP contribution in [-0.4, -0.2) is 24.4 Å². The van der Waals surface area contributed by atoms with E-state index in [1.165, 1.54) is 0 Å². The predicted molar refractivity (Wildman–Crippen MR) is 109 cm³/mol. The quantitative estimate of drug-likeness (QED) is 0.645. The fourth-order valence-corrected chi connectivity index (χ4v) is 2.69. The Labute approximate surface area is 165 Å². The Morgan fingerprint density at radius 1 is 0.929 bits per heavy atom. The average Bonchev–Trinajstić information content (AvgIpc) is 2.67. The van der Waals surface area contributed by atoms with Crippen LogP contribution in [0, 0.1) is 6.92 Å². The van der Waals surface area contributed by atoms with Crippen LogP contribution in [0.15, 0.2) is 48.5 Å². The number of rotatable bonds is 9. The van der Waals surface area contributed by atoms with Crippen LogP contribution in [0.2, 0.25) is 0 Å². The van der Waals surface area contributed by atoms with Crippen molar-refractivity contribution in [1.29, 1.82) is 0 Å². The first-order chi connectivity index (χ1) is 13.5. The Kier molecular flexibility index (Phi) is 8.21. The first-order valence-electron chi connectivity index (χ1n) is 9.38. The molecule has 0 unspecified atom stereocenters. The maximum Gasteiger partial charge on any atom is 0.306 e. The second kappa shape index (κ2) is 10.9. The second-order valence-corrected chi connectivity index (χ2v) is 6.49. The molecule has 6 heteroatoms. The molecule has 0 aliphatic carbocycles. The van der Waals surface area contributed by atoms with E-state index in [4.69, 9.17) is 4.74 Å². The van der Waals surface area contributed by atoms with E-state index in [9.17, 15) is 14.4 Å². The van der Waals surface area contributed by atoms with E-state index in [2.05, 4.69) is 10.6 Å². The summed E-state index contributed by atoms with van der Waals surface area (Å²) in [6, 6.07) is 15.0. The van der Waals surface area contributed by atoms with E-state index >= 15 is 0 Å². The largest absolute Gasteiger partial charge is 0.456 e. The number of benzene rings is 2. The molecule has 0 spiro atoms. The Morgan fingerprint density at radius 3 is 2.46 bits per heavy atom. The summed E-state index contributed by atoms with van der Waals surface area (Å²) in [6.07, 6.45) is 1.48. The summed E-state index contributed by atoms with van der Waals surface area (Å²) in [4.78, 5) is 35.6. The van der Waals surface area contributed by atoms with Crippen LogP contribution < -0.4 is 10.6 Å². The molecule has 0 saturated heterocycles. The number of carbonyl (C=O) groups is 3. The summed E-state index contributed by atoms with van der Waals surface area (Å²) in [7, 11) is 0. The number of amides is 2. The van der Waals surface area contributed by atoms with Crippen LogP contribution >= 0.6 is 0 Å². The summed E-state index contributed by atoms with van der Waals surface area (Å²) in [5, 5.41) is 5.53. The van der Waals surface area contributed by atoms with Gasteiger partial charge in [-0.1, -0.05) is 37.3 Å². The highest BCUT2D eigenvalue weighted by Crippen LogP contribution is 2.16. The topological polar surface area (TPSA) is 84.5 Å². The number of anilines is 2. The molecule has 0 atom stereocenters. The second-order valence-electron chi connectivity index (χ2n) is 6.49. The van der Waals surface area contributed by atoms with Crippen molar-refractivity contribution in [2.75, 3.05) is 17.2 Å². The van der Waals surface area contributed by atoms with Gasteiger partial charge in [0.2, 0.25) is 5.91 Å². The van der Waals surface area contributed by atoms with Crippen molar-refractivity contribution < 1.29 is 19.1 Å². The lowest BCUT2D eigenvalue weighted by atomic mass is 10.1. The number of aryl methyl sites for hydroxylation is 2. The van der Waals surface area contributed by atoms with Gasteiger partial charge in [0.25, 0.3) is 5.91 Å². The minimum absolute atomic E-state index is 0.0839. The monoisotopic (exact) mass is 382 g/mol. The van der Waals surface area contributed by atoms with Crippen LogP contribution in [0.4, 0.5) is 11.4 Å². The number of ether oxygens (including phenoxy) is 1. The molecule has 2 rings (SSSR count). The van der Waals surface area contributed by atoms with Gasteiger partial charge >= 0.3 is 5.97 Å². The SMILES string of the molecule is CCc1ccccc1NC(=O)CCCC(=O)OCC(=O)Nc1cccc(C)c1. The maximum absolute atomic E-state index is 12.0. The normalized spacial score (nSPS) is 10.2. The fraction of sp³-hybridized carbons (Fsp3) is 0.318. The summed E-state index contributed by atoms with van der Waals surface area (Å²) in [5.41, 5.74) is 3.54. The lowest BCUT2D eigenvalue weighted by Gasteiger charge is -2.09. The lowest BCUT2D eigenvalue weighted by Crippen LogP contribution is -2.21. The fourth-order valence-electron chi connectivity index (χ4n) is 2.69. The van der Waals surface area contributed by atoms with Gasteiger partial charge in [-0.2, -0.15) is 0 Å². The number of para-hydroxylation sites is 1. The zero-order valence-electron chi connectivity index (χ0n) is 16.3. The molecule has 0 aliphatic heterocycles. The van der Waals surface area contributed by atoms with Crippen molar-refractivity contribution >= 4 is 29.2 Å². The third-order valence-corrected chi connectivity index (χ3v) is 4.12. The molecule has 28 heavy (non-hydrogen) atoms. The van der Waals surface area contributed by atoms with Gasteiger partial charge in [0.05, 0.1) is 0 Å². The number of hydrogen-bond acceptors (Lipinski definition) is 4. The van der Waals surface area contributed by atoms with E-state index < -0.39 is 11.9 Å². The first-order valence-corrected chi connectivity index (χ1v) is 9.38. The lowest BCUT2D eigenvalue weighted by molar-refractivity contribution is -0.147. The third kappa shape index (κ3) is 7.23. The van der Waals surface area contributed by atoms with E-state index in [1.54, 1.807) is 6.07 Å². The van der Waals surface area contributed by atoms with E-state index in [1.807, 2.05) is 56.3 Å². The van der Waals surface area contributed by atoms with Crippen molar-refractivity contribution in [3.63, 3.8) is 0 Å².